The first-order valence-corrected chi connectivity index (χ1v) is 18.4. The Bertz CT molecular complexity index is 1620. The number of ether oxygens (including phenoxy) is 1. The quantitative estimate of drug-likeness (QED) is 0.0510. The molecule has 12 nitrogen and oxygen atoms in total. The highest BCUT2D eigenvalue weighted by Gasteiger charge is 2.30. The van der Waals surface area contributed by atoms with E-state index >= 15 is 0 Å². The second-order valence-corrected chi connectivity index (χ2v) is 14.6. The number of aliphatic hydroxyl groups excluding tert-OH is 1. The number of hydrogen-bond donors (Lipinski definition) is 5. The second-order valence-electron chi connectivity index (χ2n) is 12.7. The summed E-state index contributed by atoms with van der Waals surface area (Å²) >= 11 is 2.90. The Labute approximate surface area is 301 Å². The number of hydrazine groups is 1. The van der Waals surface area contributed by atoms with Gasteiger partial charge in [-0.25, -0.2) is 20.4 Å². The number of rotatable bonds is 18. The van der Waals surface area contributed by atoms with E-state index in [4.69, 9.17) is 16.3 Å². The van der Waals surface area contributed by atoms with E-state index in [-0.39, 0.29) is 30.9 Å². The van der Waals surface area contributed by atoms with E-state index in [1.54, 1.807) is 11.7 Å². The van der Waals surface area contributed by atoms with Crippen molar-refractivity contribution in [3.63, 3.8) is 0 Å². The van der Waals surface area contributed by atoms with Gasteiger partial charge in [0.1, 0.15) is 12.6 Å². The lowest BCUT2D eigenvalue weighted by atomic mass is 9.82. The Balaban J connectivity index is 1.42. The van der Waals surface area contributed by atoms with Crippen LogP contribution >= 0.6 is 22.7 Å². The third-order valence-electron chi connectivity index (χ3n) is 8.44. The number of benzene rings is 2. The van der Waals surface area contributed by atoms with E-state index < -0.39 is 36.2 Å². The molecule has 268 valence electrons. The molecule has 4 rings (SSSR count). The summed E-state index contributed by atoms with van der Waals surface area (Å²) in [6.45, 7) is 6.11. The molecule has 2 heterocycles. The zero-order valence-corrected chi connectivity index (χ0v) is 30.2. The van der Waals surface area contributed by atoms with E-state index in [0.717, 1.165) is 26.0 Å². The number of nitrogens with two attached hydrogens (primary N) is 2. The number of nitrogens with one attached hydrogen (secondary N) is 2. The topological polar surface area (TPSA) is 186 Å². The summed E-state index contributed by atoms with van der Waals surface area (Å²) < 4.78 is 5.41. The molecule has 0 aliphatic carbocycles. The molecular weight excluding hydrogens is 675 g/mol. The fourth-order valence-corrected chi connectivity index (χ4v) is 7.05. The van der Waals surface area contributed by atoms with Crippen LogP contribution in [0.1, 0.15) is 78.6 Å². The van der Waals surface area contributed by atoms with Crippen molar-refractivity contribution in [3.05, 3.63) is 104 Å². The minimum atomic E-state index is -0.993. The minimum absolute atomic E-state index is 0.0798. The first-order chi connectivity index (χ1) is 24.0. The molecule has 0 spiro atoms. The third kappa shape index (κ3) is 11.9. The lowest BCUT2D eigenvalue weighted by Crippen LogP contribution is -2.54. The van der Waals surface area contributed by atoms with Crippen molar-refractivity contribution in [2.75, 3.05) is 0 Å². The van der Waals surface area contributed by atoms with Gasteiger partial charge in [0, 0.05) is 17.5 Å². The number of carbonyl (C=O) groups excluding carboxylic acids is 3. The Morgan fingerprint density at radius 1 is 0.980 bits per heavy atom. The maximum Gasteiger partial charge on any atom is 0.407 e. The normalized spacial score (nSPS) is 14.3. The average molecular weight is 722 g/mol. The van der Waals surface area contributed by atoms with Crippen LogP contribution in [0, 0.1) is 5.92 Å². The fourth-order valence-electron chi connectivity index (χ4n) is 5.71. The van der Waals surface area contributed by atoms with E-state index in [0.29, 0.717) is 31.4 Å². The summed E-state index contributed by atoms with van der Waals surface area (Å²) in [6, 6.07) is 17.2. The van der Waals surface area contributed by atoms with Crippen LogP contribution in [-0.2, 0) is 29.1 Å². The van der Waals surface area contributed by atoms with Crippen LogP contribution in [-0.4, -0.2) is 56.3 Å². The summed E-state index contributed by atoms with van der Waals surface area (Å²) in [4.78, 5) is 47.9. The molecule has 7 N–H and O–H groups in total. The van der Waals surface area contributed by atoms with Crippen molar-refractivity contribution in [3.8, 4) is 0 Å². The summed E-state index contributed by atoms with van der Waals surface area (Å²) in [5.74, 6) is 5.19. The zero-order valence-electron chi connectivity index (χ0n) is 28.6. The van der Waals surface area contributed by atoms with Crippen LogP contribution in [0.15, 0.2) is 77.8 Å². The predicted molar refractivity (Wildman–Crippen MR) is 195 cm³/mol. The van der Waals surface area contributed by atoms with Gasteiger partial charge < -0.3 is 26.2 Å². The molecule has 0 saturated carbocycles. The Kier molecular flexibility index (Phi) is 14.7. The van der Waals surface area contributed by atoms with Crippen molar-refractivity contribution in [2.24, 2.45) is 17.5 Å². The second kappa shape index (κ2) is 19.1. The molecule has 0 fully saturated rings. The van der Waals surface area contributed by atoms with Crippen LogP contribution in [0.2, 0.25) is 0 Å². The summed E-state index contributed by atoms with van der Waals surface area (Å²) in [5.41, 5.74) is 10.1. The Hall–Kier alpha value is -4.37. The smallest absolute Gasteiger partial charge is 0.407 e. The molecule has 4 amide bonds. The minimum Gasteiger partial charge on any atom is -0.444 e. The molecular formula is C36H47N7O5S2. The van der Waals surface area contributed by atoms with E-state index in [1.807, 2.05) is 86.8 Å². The highest BCUT2D eigenvalue weighted by molar-refractivity contribution is 7.09. The fraction of sp³-hybridized carbons (Fsp3) is 0.417. The summed E-state index contributed by atoms with van der Waals surface area (Å²) in [7, 11) is 0. The number of aliphatic hydroxyl groups is 1. The Morgan fingerprint density at radius 3 is 2.30 bits per heavy atom. The van der Waals surface area contributed by atoms with Crippen molar-refractivity contribution < 1.29 is 24.2 Å². The molecule has 2 aromatic carbocycles. The molecule has 4 aromatic rings. The van der Waals surface area contributed by atoms with Gasteiger partial charge in [-0.05, 0) is 48.6 Å². The predicted octanol–water partition coefficient (Wildman–Crippen LogP) is 5.45. The number of amides is 4. The first kappa shape index (κ1) is 38.4. The Morgan fingerprint density at radius 2 is 1.68 bits per heavy atom. The van der Waals surface area contributed by atoms with Crippen molar-refractivity contribution in [1.29, 1.82) is 0 Å². The van der Waals surface area contributed by atoms with Crippen LogP contribution in [0.3, 0.4) is 0 Å². The number of carbonyl (C=O) groups is 3. The van der Waals surface area contributed by atoms with Gasteiger partial charge in [-0.3, -0.25) is 14.8 Å². The van der Waals surface area contributed by atoms with E-state index in [1.165, 1.54) is 22.7 Å². The van der Waals surface area contributed by atoms with Crippen molar-refractivity contribution in [2.45, 2.75) is 89.6 Å². The number of alkyl carbamates (subject to hydrolysis) is 1. The van der Waals surface area contributed by atoms with Gasteiger partial charge in [-0.1, -0.05) is 81.4 Å². The van der Waals surface area contributed by atoms with Gasteiger partial charge in [-0.2, -0.15) is 0 Å². The summed E-state index contributed by atoms with van der Waals surface area (Å²) in [5, 5.41) is 20.9. The third-order valence-corrected chi connectivity index (χ3v) is 10.4. The van der Waals surface area contributed by atoms with Crippen molar-refractivity contribution >= 4 is 40.7 Å². The number of nitrogens with zero attached hydrogens (tertiary/aromatic N) is 3. The molecule has 2 aromatic heterocycles. The molecule has 0 saturated heterocycles. The van der Waals surface area contributed by atoms with Gasteiger partial charge >= 0.3 is 12.1 Å². The van der Waals surface area contributed by atoms with Gasteiger partial charge in [0.25, 0.3) is 0 Å². The SMILES string of the molecule is CC(C)c1nc(CN(N)C(=O)N[C@H](C(N)=O)[C@@H](C)C[C@H](CCC(O)C(Cc2ccccc2)NC(=O)OCc2cncs2)c2ccccc2)cs1. The lowest BCUT2D eigenvalue weighted by Gasteiger charge is -2.30. The molecule has 50 heavy (non-hydrogen) atoms. The number of aromatic nitrogens is 2. The largest absolute Gasteiger partial charge is 0.444 e. The van der Waals surface area contributed by atoms with Gasteiger partial charge in [0.2, 0.25) is 5.91 Å². The molecule has 14 heteroatoms. The lowest BCUT2D eigenvalue weighted by molar-refractivity contribution is -0.121. The molecule has 0 aliphatic heterocycles. The number of hydrogen-bond acceptors (Lipinski definition) is 10. The number of primary amides is 1. The maximum atomic E-state index is 13.1. The monoisotopic (exact) mass is 721 g/mol. The molecule has 2 unspecified atom stereocenters. The molecule has 5 atom stereocenters. The van der Waals surface area contributed by atoms with Crippen LogP contribution < -0.4 is 22.2 Å². The molecule has 0 radical (unpaired) electrons. The molecule has 0 bridgehead atoms. The van der Waals surface area contributed by atoms with Crippen LogP contribution in [0.25, 0.3) is 0 Å². The van der Waals surface area contributed by atoms with Crippen LogP contribution in [0.4, 0.5) is 9.59 Å². The van der Waals surface area contributed by atoms with E-state index in [2.05, 4.69) is 20.6 Å². The number of thiazole rings is 2. The van der Waals surface area contributed by atoms with E-state index in [9.17, 15) is 19.5 Å². The summed E-state index contributed by atoms with van der Waals surface area (Å²) in [6.07, 6.45) is 1.85. The highest BCUT2D eigenvalue weighted by Crippen LogP contribution is 2.31. The molecule has 0 aliphatic rings. The van der Waals surface area contributed by atoms with Crippen molar-refractivity contribution in [1.82, 2.24) is 25.6 Å². The standard InChI is InChI=1S/C36H47N7O5S2/c1-23(2)34-40-28(21-49-34)19-43(38)35(46)42-32(33(37)45)24(3)16-27(26-12-8-5-9-13-26)14-15-31(44)30(17-25-10-6-4-7-11-25)41-36(47)48-20-29-18-39-22-50-29/h4-13,18,21-24,27,30-32,44H,14-17,19-20,38H2,1-3H3,(H2,37,45)(H,41,47)(H,42,46)/t24-,27-,30?,31?,32-/m0/s1. The maximum absolute atomic E-state index is 13.1. The van der Waals surface area contributed by atoms with Crippen LogP contribution in [0.5, 0.6) is 0 Å². The first-order valence-electron chi connectivity index (χ1n) is 16.6. The zero-order chi connectivity index (χ0) is 36.0. The average Bonchev–Trinajstić information content (AvgIpc) is 3.81. The highest BCUT2D eigenvalue weighted by atomic mass is 32.1. The van der Waals surface area contributed by atoms with Gasteiger partial charge in [-0.15, -0.1) is 22.7 Å². The number of urea groups is 1. The van der Waals surface area contributed by atoms with Gasteiger partial charge in [0.15, 0.2) is 0 Å². The van der Waals surface area contributed by atoms with Gasteiger partial charge in [0.05, 0.1) is 39.8 Å².